The average molecular weight is 268 g/mol. The largest absolute Gasteiger partial charge is 0.303 e. The Morgan fingerprint density at radius 1 is 1.00 bits per heavy atom. The summed E-state index contributed by atoms with van der Waals surface area (Å²) in [6.45, 7) is 3.70. The molecule has 0 radical (unpaired) electrons. The van der Waals surface area contributed by atoms with Crippen molar-refractivity contribution >= 4 is 0 Å². The number of aromatic nitrogens is 3. The van der Waals surface area contributed by atoms with E-state index in [4.69, 9.17) is 0 Å². The molecule has 0 aromatic carbocycles. The molecule has 0 unspecified atom stereocenters. The molecule has 2 aromatic heterocycles. The minimum Gasteiger partial charge on any atom is -0.303 e. The van der Waals surface area contributed by atoms with Crippen LogP contribution in [-0.2, 0) is 6.42 Å². The quantitative estimate of drug-likeness (QED) is 0.836. The highest BCUT2D eigenvalue weighted by molar-refractivity contribution is 5.55. The van der Waals surface area contributed by atoms with Crippen molar-refractivity contribution in [2.45, 2.75) is 25.7 Å². The van der Waals surface area contributed by atoms with Crippen molar-refractivity contribution in [3.63, 3.8) is 0 Å². The summed E-state index contributed by atoms with van der Waals surface area (Å²) in [5.74, 6) is 0.934. The minimum atomic E-state index is 0.927. The number of hydrogen-bond donors (Lipinski definition) is 0. The zero-order valence-electron chi connectivity index (χ0n) is 11.7. The van der Waals surface area contributed by atoms with Gasteiger partial charge in [0.05, 0.1) is 5.69 Å². The molecule has 104 valence electrons. The second kappa shape index (κ2) is 6.57. The van der Waals surface area contributed by atoms with E-state index in [0.29, 0.717) is 0 Å². The molecular weight excluding hydrogens is 248 g/mol. The van der Waals surface area contributed by atoms with Crippen LogP contribution in [-0.4, -0.2) is 39.5 Å². The van der Waals surface area contributed by atoms with Gasteiger partial charge in [-0.05, 0) is 51.0 Å². The molecule has 20 heavy (non-hydrogen) atoms. The Hall–Kier alpha value is -1.81. The first kappa shape index (κ1) is 13.2. The normalized spacial score (nSPS) is 15.6. The van der Waals surface area contributed by atoms with Gasteiger partial charge in [0.2, 0.25) is 0 Å². The molecule has 0 bridgehead atoms. The van der Waals surface area contributed by atoms with Crippen LogP contribution in [0.5, 0.6) is 0 Å². The van der Waals surface area contributed by atoms with Crippen LogP contribution < -0.4 is 0 Å². The van der Waals surface area contributed by atoms with E-state index in [1.54, 1.807) is 6.20 Å². The molecule has 4 nitrogen and oxygen atoms in total. The lowest BCUT2D eigenvalue weighted by atomic mass is 10.2. The molecule has 1 aliphatic rings. The summed E-state index contributed by atoms with van der Waals surface area (Å²) in [6, 6.07) is 5.87. The Balaban J connectivity index is 1.53. The fourth-order valence-corrected chi connectivity index (χ4v) is 2.62. The first-order valence-corrected chi connectivity index (χ1v) is 7.36. The van der Waals surface area contributed by atoms with Crippen molar-refractivity contribution in [3.05, 3.63) is 42.6 Å². The number of nitrogens with zero attached hydrogens (tertiary/aromatic N) is 4. The molecule has 4 heteroatoms. The third-order valence-electron chi connectivity index (χ3n) is 3.74. The maximum absolute atomic E-state index is 4.45. The van der Waals surface area contributed by atoms with Crippen LogP contribution in [0.15, 0.2) is 36.8 Å². The summed E-state index contributed by atoms with van der Waals surface area (Å²) in [7, 11) is 0. The van der Waals surface area contributed by atoms with Gasteiger partial charge >= 0.3 is 0 Å². The summed E-state index contributed by atoms with van der Waals surface area (Å²) in [5, 5.41) is 0. The zero-order valence-corrected chi connectivity index (χ0v) is 11.7. The second-order valence-electron chi connectivity index (χ2n) is 5.26. The van der Waals surface area contributed by atoms with Crippen LogP contribution in [0, 0.1) is 0 Å². The van der Waals surface area contributed by atoms with Gasteiger partial charge in [-0.1, -0.05) is 6.07 Å². The molecule has 0 aliphatic carbocycles. The van der Waals surface area contributed by atoms with Gasteiger partial charge in [0.25, 0.3) is 0 Å². The molecule has 0 N–H and O–H groups in total. The molecular formula is C16H20N4. The van der Waals surface area contributed by atoms with Crippen LogP contribution in [0.3, 0.4) is 0 Å². The van der Waals surface area contributed by atoms with E-state index < -0.39 is 0 Å². The number of rotatable bonds is 5. The van der Waals surface area contributed by atoms with Crippen LogP contribution in [0.4, 0.5) is 0 Å². The Kier molecular flexibility index (Phi) is 4.33. The van der Waals surface area contributed by atoms with Crippen molar-refractivity contribution in [2.75, 3.05) is 19.6 Å². The standard InChI is InChI=1S/C16H20N4/c1-2-8-17-15(6-1)14-12-18-16(19-13-14)7-5-11-20-9-3-4-10-20/h1-2,6,8,12-13H,3-5,7,9-11H2. The molecule has 3 rings (SSSR count). The maximum Gasteiger partial charge on any atom is 0.128 e. The summed E-state index contributed by atoms with van der Waals surface area (Å²) in [6.07, 6.45) is 10.4. The third kappa shape index (κ3) is 3.39. The molecule has 3 heterocycles. The Morgan fingerprint density at radius 2 is 1.80 bits per heavy atom. The molecule has 0 atom stereocenters. The number of pyridine rings is 1. The molecule has 0 amide bonds. The van der Waals surface area contributed by atoms with Gasteiger partial charge in [0.1, 0.15) is 5.82 Å². The van der Waals surface area contributed by atoms with Gasteiger partial charge in [0, 0.05) is 30.6 Å². The van der Waals surface area contributed by atoms with E-state index >= 15 is 0 Å². The van der Waals surface area contributed by atoms with E-state index in [0.717, 1.165) is 29.9 Å². The predicted octanol–water partition coefficient (Wildman–Crippen LogP) is 2.57. The molecule has 1 aliphatic heterocycles. The van der Waals surface area contributed by atoms with Gasteiger partial charge in [0.15, 0.2) is 0 Å². The number of aryl methyl sites for hydroxylation is 1. The fourth-order valence-electron chi connectivity index (χ4n) is 2.62. The van der Waals surface area contributed by atoms with Crippen LogP contribution in [0.2, 0.25) is 0 Å². The number of hydrogen-bond acceptors (Lipinski definition) is 4. The van der Waals surface area contributed by atoms with Gasteiger partial charge in [-0.3, -0.25) is 4.98 Å². The van der Waals surface area contributed by atoms with Crippen LogP contribution in [0.25, 0.3) is 11.3 Å². The fraction of sp³-hybridized carbons (Fsp3) is 0.438. The zero-order chi connectivity index (χ0) is 13.6. The van der Waals surface area contributed by atoms with E-state index in [1.165, 1.54) is 32.5 Å². The van der Waals surface area contributed by atoms with Crippen molar-refractivity contribution in [1.29, 1.82) is 0 Å². The highest BCUT2D eigenvalue weighted by Gasteiger charge is 2.10. The lowest BCUT2D eigenvalue weighted by Gasteiger charge is -2.13. The van der Waals surface area contributed by atoms with E-state index in [1.807, 2.05) is 30.6 Å². The second-order valence-corrected chi connectivity index (χ2v) is 5.26. The van der Waals surface area contributed by atoms with E-state index in [-0.39, 0.29) is 0 Å². The topological polar surface area (TPSA) is 41.9 Å². The van der Waals surface area contributed by atoms with Crippen LogP contribution >= 0.6 is 0 Å². The van der Waals surface area contributed by atoms with Crippen molar-refractivity contribution in [3.8, 4) is 11.3 Å². The first-order chi connectivity index (χ1) is 9.92. The first-order valence-electron chi connectivity index (χ1n) is 7.36. The van der Waals surface area contributed by atoms with Gasteiger partial charge < -0.3 is 4.90 Å². The van der Waals surface area contributed by atoms with Gasteiger partial charge in [-0.15, -0.1) is 0 Å². The van der Waals surface area contributed by atoms with Crippen LogP contribution in [0.1, 0.15) is 25.1 Å². The Bertz CT molecular complexity index is 518. The molecule has 0 saturated carbocycles. The van der Waals surface area contributed by atoms with Crippen molar-refractivity contribution in [1.82, 2.24) is 19.9 Å². The number of likely N-dealkylation sites (tertiary alicyclic amines) is 1. The average Bonchev–Trinajstić information content (AvgIpc) is 3.02. The summed E-state index contributed by atoms with van der Waals surface area (Å²) in [4.78, 5) is 15.7. The Labute approximate surface area is 119 Å². The lowest BCUT2D eigenvalue weighted by molar-refractivity contribution is 0.333. The van der Waals surface area contributed by atoms with Gasteiger partial charge in [-0.25, -0.2) is 9.97 Å². The summed E-state index contributed by atoms with van der Waals surface area (Å²) in [5.41, 5.74) is 1.91. The Morgan fingerprint density at radius 3 is 2.50 bits per heavy atom. The summed E-state index contributed by atoms with van der Waals surface area (Å²) >= 11 is 0. The monoisotopic (exact) mass is 268 g/mol. The highest BCUT2D eigenvalue weighted by Crippen LogP contribution is 2.14. The molecule has 1 fully saturated rings. The van der Waals surface area contributed by atoms with Gasteiger partial charge in [-0.2, -0.15) is 0 Å². The molecule has 0 spiro atoms. The van der Waals surface area contributed by atoms with E-state index in [2.05, 4.69) is 19.9 Å². The smallest absolute Gasteiger partial charge is 0.128 e. The third-order valence-corrected chi connectivity index (χ3v) is 3.74. The molecule has 1 saturated heterocycles. The lowest BCUT2D eigenvalue weighted by Crippen LogP contribution is -2.20. The molecule has 2 aromatic rings. The van der Waals surface area contributed by atoms with E-state index in [9.17, 15) is 0 Å². The summed E-state index contributed by atoms with van der Waals surface area (Å²) < 4.78 is 0. The van der Waals surface area contributed by atoms with Crippen molar-refractivity contribution in [2.24, 2.45) is 0 Å². The minimum absolute atomic E-state index is 0.927. The predicted molar refractivity (Wildman–Crippen MR) is 79.3 cm³/mol. The maximum atomic E-state index is 4.45. The van der Waals surface area contributed by atoms with Crippen molar-refractivity contribution < 1.29 is 0 Å². The SMILES string of the molecule is c1ccc(-c2cnc(CCCN3CCCC3)nc2)nc1. The highest BCUT2D eigenvalue weighted by atomic mass is 15.1.